The molecule has 40 heavy (non-hydrogen) atoms. The number of halogens is 2. The van der Waals surface area contributed by atoms with Gasteiger partial charge in [0, 0.05) is 38.3 Å². The van der Waals surface area contributed by atoms with E-state index in [0.717, 1.165) is 0 Å². The van der Waals surface area contributed by atoms with Gasteiger partial charge in [-0.2, -0.15) is 5.26 Å². The molecule has 0 radical (unpaired) electrons. The van der Waals surface area contributed by atoms with E-state index in [-0.39, 0.29) is 22.9 Å². The van der Waals surface area contributed by atoms with Crippen LogP contribution in [0.15, 0.2) is 41.4 Å². The number of amides is 2. The molecule has 0 unspecified atom stereocenters. The number of hydrogen-bond donors (Lipinski definition) is 1. The number of rotatable bonds is 7. The predicted molar refractivity (Wildman–Crippen MR) is 145 cm³/mol. The van der Waals surface area contributed by atoms with Gasteiger partial charge in [0.25, 0.3) is 0 Å². The first-order valence-corrected chi connectivity index (χ1v) is 14.8. The molecule has 1 saturated carbocycles. The fraction of sp³-hybridized carbons (Fsp3) is 0.462. The molecular formula is C26H27Cl2N5O6S. The van der Waals surface area contributed by atoms with Gasteiger partial charge in [0.05, 0.1) is 39.1 Å². The number of nitriles is 1. The number of carbonyl (C=O) groups excluding carboxylic acids is 2. The number of alkyl carbamates (subject to hydrolysis) is 1. The van der Waals surface area contributed by atoms with E-state index >= 15 is 0 Å². The van der Waals surface area contributed by atoms with Gasteiger partial charge in [0.1, 0.15) is 16.7 Å². The Balaban J connectivity index is 1.47. The second kappa shape index (κ2) is 10.4. The minimum Gasteiger partial charge on any atom is -0.497 e. The topological polar surface area (TPSA) is 142 Å². The summed E-state index contributed by atoms with van der Waals surface area (Å²) in [7, 11) is -0.772. The molecule has 3 aliphatic rings. The Labute approximate surface area is 241 Å². The fourth-order valence-electron chi connectivity index (χ4n) is 5.29. The molecule has 1 N–H and O–H groups in total. The predicted octanol–water partition coefficient (Wildman–Crippen LogP) is 2.76. The lowest BCUT2D eigenvalue weighted by atomic mass is 9.75. The molecule has 2 aromatic rings. The van der Waals surface area contributed by atoms with Crippen molar-refractivity contribution in [2.45, 2.75) is 46.6 Å². The van der Waals surface area contributed by atoms with Gasteiger partial charge in [-0.15, -0.1) is 0 Å². The van der Waals surface area contributed by atoms with Gasteiger partial charge in [0.2, 0.25) is 5.91 Å². The largest absolute Gasteiger partial charge is 0.497 e. The Bertz CT molecular complexity index is 1490. The number of nitrogens with one attached hydrogen (secondary N) is 1. The fourth-order valence-corrected chi connectivity index (χ4v) is 7.61. The van der Waals surface area contributed by atoms with Gasteiger partial charge in [-0.25, -0.2) is 13.2 Å². The molecule has 11 nitrogen and oxygen atoms in total. The number of sulfone groups is 1. The lowest BCUT2D eigenvalue weighted by molar-refractivity contribution is -0.151. The lowest BCUT2D eigenvalue weighted by Crippen LogP contribution is -2.66. The Kier molecular flexibility index (Phi) is 7.37. The van der Waals surface area contributed by atoms with Crippen LogP contribution in [0.1, 0.15) is 25.0 Å². The normalized spacial score (nSPS) is 23.0. The standard InChI is InChI=1S/C26H27Cl2N5O6S/c1-32-14-26(15-32,21-6-3-16(27)11-30-21)23(34)33-12-18(10-22(33)39-24(35)31-25(13-29)7-8-25)40(36,37)20-5-4-17(38-2)9-19(20)28/h3-6,9,11,18,22H,7-8,10,12,14-15H2,1-2H3,(H,31,35)/t18-,22+/m1/s1. The van der Waals surface area contributed by atoms with Gasteiger partial charge in [-0.05, 0) is 44.2 Å². The smallest absolute Gasteiger partial charge is 0.410 e. The van der Waals surface area contributed by atoms with Crippen LogP contribution in [-0.2, 0) is 24.8 Å². The summed E-state index contributed by atoms with van der Waals surface area (Å²) in [5, 5.41) is 11.2. The average Bonchev–Trinajstić information content (AvgIpc) is 3.54. The molecule has 2 saturated heterocycles. The number of pyridine rings is 1. The molecule has 2 aliphatic heterocycles. The number of likely N-dealkylation sites (tertiary alicyclic amines) is 2. The highest BCUT2D eigenvalue weighted by atomic mass is 35.5. The number of benzene rings is 1. The number of ether oxygens (including phenoxy) is 2. The molecule has 0 spiro atoms. The summed E-state index contributed by atoms with van der Waals surface area (Å²) < 4.78 is 38.2. The molecule has 1 aromatic heterocycles. The monoisotopic (exact) mass is 607 g/mol. The molecular weight excluding hydrogens is 581 g/mol. The Hall–Kier alpha value is -3.11. The third-order valence-corrected chi connectivity index (χ3v) is 10.4. The summed E-state index contributed by atoms with van der Waals surface area (Å²) in [5.41, 5.74) is -1.61. The molecule has 3 heterocycles. The molecule has 14 heteroatoms. The summed E-state index contributed by atoms with van der Waals surface area (Å²) >= 11 is 12.3. The number of aromatic nitrogens is 1. The van der Waals surface area contributed by atoms with Crippen molar-refractivity contribution in [3.63, 3.8) is 0 Å². The summed E-state index contributed by atoms with van der Waals surface area (Å²) in [5.74, 6) is -0.0266. The van der Waals surface area contributed by atoms with Gasteiger partial charge in [-0.3, -0.25) is 9.78 Å². The van der Waals surface area contributed by atoms with Gasteiger partial charge >= 0.3 is 6.09 Å². The van der Waals surface area contributed by atoms with Crippen molar-refractivity contribution >= 4 is 45.0 Å². The van der Waals surface area contributed by atoms with Crippen LogP contribution in [0, 0.1) is 11.3 Å². The summed E-state index contributed by atoms with van der Waals surface area (Å²) in [6.07, 6.45) is 0.142. The zero-order valence-corrected chi connectivity index (χ0v) is 24.1. The van der Waals surface area contributed by atoms with Gasteiger partial charge < -0.3 is 24.6 Å². The van der Waals surface area contributed by atoms with E-state index < -0.39 is 44.3 Å². The first-order chi connectivity index (χ1) is 18.9. The van der Waals surface area contributed by atoms with E-state index in [9.17, 15) is 23.3 Å². The van der Waals surface area contributed by atoms with Crippen LogP contribution in [0.4, 0.5) is 4.79 Å². The van der Waals surface area contributed by atoms with Crippen LogP contribution in [0.3, 0.4) is 0 Å². The molecule has 0 bridgehead atoms. The van der Waals surface area contributed by atoms with Crippen LogP contribution in [0.5, 0.6) is 5.75 Å². The molecule has 212 valence electrons. The molecule has 1 aliphatic carbocycles. The SMILES string of the molecule is COc1ccc(S(=O)(=O)[C@@H]2C[C@H](OC(=O)NC3(C#N)CC3)N(C(=O)C3(c4ccc(Cl)cn4)CN(C)C3)C2)c(Cl)c1. The Morgan fingerprint density at radius 1 is 1.20 bits per heavy atom. The Morgan fingerprint density at radius 2 is 1.93 bits per heavy atom. The summed E-state index contributed by atoms with van der Waals surface area (Å²) in [6.45, 7) is 0.425. The maximum Gasteiger partial charge on any atom is 0.410 e. The minimum absolute atomic E-state index is 0.0218. The number of carbonyl (C=O) groups is 2. The van der Waals surface area contributed by atoms with Crippen LogP contribution in [0.2, 0.25) is 10.0 Å². The maximum atomic E-state index is 14.2. The third-order valence-electron chi connectivity index (χ3n) is 7.61. The Morgan fingerprint density at radius 3 is 2.48 bits per heavy atom. The summed E-state index contributed by atoms with van der Waals surface area (Å²) in [6, 6.07) is 9.59. The molecule has 1 aromatic carbocycles. The van der Waals surface area contributed by atoms with E-state index in [0.29, 0.717) is 42.4 Å². The van der Waals surface area contributed by atoms with Crippen LogP contribution < -0.4 is 10.1 Å². The number of methoxy groups -OCH3 is 1. The van der Waals surface area contributed by atoms with Crippen molar-refractivity contribution in [3.05, 3.63) is 52.3 Å². The van der Waals surface area contributed by atoms with Crippen molar-refractivity contribution < 1.29 is 27.5 Å². The van der Waals surface area contributed by atoms with E-state index in [1.54, 1.807) is 12.1 Å². The zero-order valence-electron chi connectivity index (χ0n) is 21.8. The van der Waals surface area contributed by atoms with Crippen molar-refractivity contribution in [1.82, 2.24) is 20.1 Å². The van der Waals surface area contributed by atoms with Crippen LogP contribution in [0.25, 0.3) is 0 Å². The second-order valence-electron chi connectivity index (χ2n) is 10.5. The number of likely N-dealkylation sites (N-methyl/N-ethyl adjacent to an activating group) is 1. The molecule has 3 fully saturated rings. The average molecular weight is 609 g/mol. The van der Waals surface area contributed by atoms with Gasteiger partial charge in [0.15, 0.2) is 16.1 Å². The highest BCUT2D eigenvalue weighted by molar-refractivity contribution is 7.92. The van der Waals surface area contributed by atoms with Gasteiger partial charge in [-0.1, -0.05) is 23.2 Å². The molecule has 2 atom stereocenters. The molecule has 5 rings (SSSR count). The minimum atomic E-state index is -4.06. The zero-order chi connectivity index (χ0) is 28.9. The van der Waals surface area contributed by atoms with Crippen molar-refractivity contribution in [2.75, 3.05) is 33.8 Å². The maximum absolute atomic E-state index is 14.2. The van der Waals surface area contributed by atoms with Crippen LogP contribution in [-0.4, -0.2) is 86.0 Å². The first-order valence-electron chi connectivity index (χ1n) is 12.5. The van der Waals surface area contributed by atoms with E-state index in [2.05, 4.69) is 10.3 Å². The number of hydrogen-bond acceptors (Lipinski definition) is 9. The second-order valence-corrected chi connectivity index (χ2v) is 13.5. The highest BCUT2D eigenvalue weighted by Crippen LogP contribution is 2.40. The van der Waals surface area contributed by atoms with E-state index in [1.807, 2.05) is 18.0 Å². The number of nitrogens with zero attached hydrogens (tertiary/aromatic N) is 4. The van der Waals surface area contributed by atoms with E-state index in [1.165, 1.54) is 36.4 Å². The highest BCUT2D eigenvalue weighted by Gasteiger charge is 2.56. The lowest BCUT2D eigenvalue weighted by Gasteiger charge is -2.48. The van der Waals surface area contributed by atoms with Crippen molar-refractivity contribution in [3.8, 4) is 11.8 Å². The van der Waals surface area contributed by atoms with Crippen molar-refractivity contribution in [1.29, 1.82) is 5.26 Å². The third kappa shape index (κ3) is 5.07. The first kappa shape index (κ1) is 28.4. The summed E-state index contributed by atoms with van der Waals surface area (Å²) in [4.78, 5) is 34.5. The van der Waals surface area contributed by atoms with Crippen LogP contribution >= 0.6 is 23.2 Å². The van der Waals surface area contributed by atoms with Crippen molar-refractivity contribution in [2.24, 2.45) is 0 Å². The quantitative estimate of drug-likeness (QED) is 0.502. The molecule has 2 amide bonds. The van der Waals surface area contributed by atoms with E-state index in [4.69, 9.17) is 32.7 Å².